The fraction of sp³-hybridized carbons (Fsp3) is 0.235. The van der Waals surface area contributed by atoms with Gasteiger partial charge in [0, 0.05) is 25.4 Å². The topological polar surface area (TPSA) is 86.2 Å². The number of methoxy groups -OCH3 is 1. The van der Waals surface area contributed by atoms with E-state index in [-0.39, 0.29) is 5.56 Å². The summed E-state index contributed by atoms with van der Waals surface area (Å²) in [4.78, 5) is 28.4. The number of aryl methyl sites for hydroxylation is 1. The first-order valence-corrected chi connectivity index (χ1v) is 6.93. The van der Waals surface area contributed by atoms with Gasteiger partial charge in [0.25, 0.3) is 5.56 Å². The number of H-pyrrole nitrogens is 1. The van der Waals surface area contributed by atoms with Crippen molar-refractivity contribution in [2.24, 2.45) is 0 Å². The second kappa shape index (κ2) is 6.36. The van der Waals surface area contributed by atoms with Crippen molar-refractivity contribution < 1.29 is 9.53 Å². The van der Waals surface area contributed by atoms with E-state index in [2.05, 4.69) is 4.98 Å². The first-order chi connectivity index (χ1) is 10.9. The second-order valence-electron chi connectivity index (χ2n) is 5.30. The van der Waals surface area contributed by atoms with Crippen LogP contribution in [0.4, 0.5) is 5.69 Å². The maximum absolute atomic E-state index is 12.0. The maximum Gasteiger partial charge on any atom is 0.339 e. The normalized spacial score (nSPS) is 10.0. The number of aromatic amines is 1. The number of carbonyl (C=O) groups is 1. The molecule has 1 N–H and O–H groups in total. The maximum atomic E-state index is 12.0. The Morgan fingerprint density at radius 3 is 2.57 bits per heavy atom. The summed E-state index contributed by atoms with van der Waals surface area (Å²) < 4.78 is 4.82. The lowest BCUT2D eigenvalue weighted by Gasteiger charge is -2.17. The van der Waals surface area contributed by atoms with Crippen LogP contribution in [0, 0.1) is 18.3 Å². The zero-order chi connectivity index (χ0) is 17.1. The van der Waals surface area contributed by atoms with Gasteiger partial charge in [-0.2, -0.15) is 5.26 Å². The van der Waals surface area contributed by atoms with Gasteiger partial charge in [0.15, 0.2) is 0 Å². The number of pyridine rings is 1. The summed E-state index contributed by atoms with van der Waals surface area (Å²) in [5.74, 6) is -0.476. The van der Waals surface area contributed by atoms with Crippen LogP contribution in [0.15, 0.2) is 29.1 Å². The first-order valence-electron chi connectivity index (χ1n) is 6.93. The third-order valence-electron chi connectivity index (χ3n) is 3.47. The standard InChI is InChI=1S/C17H17N3O3/c1-10-7-12(14(9-18)16(21)19-10)11-5-6-15(20(2)3)13(8-11)17(22)23-4/h5-8H,1-4H3,(H,19,21). The average Bonchev–Trinajstić information content (AvgIpc) is 2.52. The zero-order valence-electron chi connectivity index (χ0n) is 13.4. The van der Waals surface area contributed by atoms with Gasteiger partial charge in [-0.05, 0) is 30.7 Å². The third kappa shape index (κ3) is 3.09. The van der Waals surface area contributed by atoms with Gasteiger partial charge >= 0.3 is 5.97 Å². The quantitative estimate of drug-likeness (QED) is 0.877. The molecular formula is C17H17N3O3. The van der Waals surface area contributed by atoms with Crippen LogP contribution in [0.25, 0.3) is 11.1 Å². The predicted molar refractivity (Wildman–Crippen MR) is 87.6 cm³/mol. The van der Waals surface area contributed by atoms with Crippen LogP contribution < -0.4 is 10.5 Å². The number of esters is 1. The van der Waals surface area contributed by atoms with E-state index in [1.165, 1.54) is 7.11 Å². The van der Waals surface area contributed by atoms with Crippen molar-refractivity contribution in [3.8, 4) is 17.2 Å². The molecule has 118 valence electrons. The molecule has 23 heavy (non-hydrogen) atoms. The van der Waals surface area contributed by atoms with Gasteiger partial charge < -0.3 is 14.6 Å². The Bertz CT molecular complexity index is 860. The van der Waals surface area contributed by atoms with E-state index in [9.17, 15) is 14.9 Å². The number of ether oxygens (including phenoxy) is 1. The molecule has 0 fully saturated rings. The van der Waals surface area contributed by atoms with Gasteiger partial charge in [0.1, 0.15) is 11.6 Å². The molecule has 0 unspecified atom stereocenters. The molecule has 0 saturated heterocycles. The number of nitriles is 1. The molecule has 0 saturated carbocycles. The van der Waals surface area contributed by atoms with Gasteiger partial charge in [-0.1, -0.05) is 6.07 Å². The number of nitrogens with one attached hydrogen (secondary N) is 1. The minimum Gasteiger partial charge on any atom is -0.465 e. The molecule has 1 heterocycles. The van der Waals surface area contributed by atoms with Crippen molar-refractivity contribution in [1.29, 1.82) is 5.26 Å². The average molecular weight is 311 g/mol. The van der Waals surface area contributed by atoms with Crippen LogP contribution in [-0.2, 0) is 4.74 Å². The number of nitrogens with zero attached hydrogens (tertiary/aromatic N) is 2. The van der Waals surface area contributed by atoms with Crippen molar-refractivity contribution in [2.75, 3.05) is 26.1 Å². The van der Waals surface area contributed by atoms with E-state index in [0.717, 1.165) is 0 Å². The van der Waals surface area contributed by atoms with Crippen LogP contribution in [0.5, 0.6) is 0 Å². The molecule has 0 aliphatic heterocycles. The molecule has 0 atom stereocenters. The molecule has 0 aliphatic carbocycles. The van der Waals surface area contributed by atoms with Gasteiger partial charge in [0.05, 0.1) is 18.4 Å². The fourth-order valence-electron chi connectivity index (χ4n) is 2.39. The van der Waals surface area contributed by atoms with E-state index in [1.807, 2.05) is 20.2 Å². The minimum atomic E-state index is -0.476. The molecular weight excluding hydrogens is 294 g/mol. The second-order valence-corrected chi connectivity index (χ2v) is 5.30. The monoisotopic (exact) mass is 311 g/mol. The van der Waals surface area contributed by atoms with E-state index in [4.69, 9.17) is 4.74 Å². The molecule has 1 aromatic carbocycles. The third-order valence-corrected chi connectivity index (χ3v) is 3.47. The summed E-state index contributed by atoms with van der Waals surface area (Å²) in [6.45, 7) is 1.74. The van der Waals surface area contributed by atoms with Crippen LogP contribution in [0.1, 0.15) is 21.6 Å². The van der Waals surface area contributed by atoms with E-state index < -0.39 is 11.5 Å². The Balaban J connectivity index is 2.74. The van der Waals surface area contributed by atoms with Crippen LogP contribution in [0.3, 0.4) is 0 Å². The Kier molecular flexibility index (Phi) is 4.51. The van der Waals surface area contributed by atoms with E-state index >= 15 is 0 Å². The molecule has 2 aromatic rings. The lowest BCUT2D eigenvalue weighted by Crippen LogP contribution is -2.15. The van der Waals surface area contributed by atoms with Crippen molar-refractivity contribution in [3.63, 3.8) is 0 Å². The highest BCUT2D eigenvalue weighted by atomic mass is 16.5. The SMILES string of the molecule is COC(=O)c1cc(-c2cc(C)[nH]c(=O)c2C#N)ccc1N(C)C. The van der Waals surface area contributed by atoms with Crippen molar-refractivity contribution in [3.05, 3.63) is 51.4 Å². The zero-order valence-corrected chi connectivity index (χ0v) is 13.4. The molecule has 0 spiro atoms. The van der Waals surface area contributed by atoms with Gasteiger partial charge in [-0.3, -0.25) is 4.79 Å². The first kappa shape index (κ1) is 16.3. The van der Waals surface area contributed by atoms with Crippen LogP contribution >= 0.6 is 0 Å². The number of rotatable bonds is 3. The number of anilines is 1. The molecule has 6 nitrogen and oxygen atoms in total. The number of carbonyl (C=O) groups excluding carboxylic acids is 1. The Morgan fingerprint density at radius 1 is 1.30 bits per heavy atom. The summed E-state index contributed by atoms with van der Waals surface area (Å²) in [6, 6.07) is 8.81. The molecule has 0 radical (unpaired) electrons. The molecule has 6 heteroatoms. The lowest BCUT2D eigenvalue weighted by atomic mass is 9.98. The predicted octanol–water partition coefficient (Wildman–Crippen LogP) is 2.07. The highest BCUT2D eigenvalue weighted by molar-refractivity contribution is 5.97. The van der Waals surface area contributed by atoms with Gasteiger partial charge in [-0.15, -0.1) is 0 Å². The van der Waals surface area contributed by atoms with Gasteiger partial charge in [0.2, 0.25) is 0 Å². The Labute approximate surface area is 133 Å². The summed E-state index contributed by atoms with van der Waals surface area (Å²) in [7, 11) is 4.95. The summed E-state index contributed by atoms with van der Waals surface area (Å²) in [5, 5.41) is 9.25. The molecule has 1 aromatic heterocycles. The lowest BCUT2D eigenvalue weighted by molar-refractivity contribution is 0.0601. The van der Waals surface area contributed by atoms with Crippen LogP contribution in [0.2, 0.25) is 0 Å². The highest BCUT2D eigenvalue weighted by Crippen LogP contribution is 2.28. The number of benzene rings is 1. The molecule has 0 aliphatic rings. The summed E-state index contributed by atoms with van der Waals surface area (Å²) >= 11 is 0. The van der Waals surface area contributed by atoms with Crippen molar-refractivity contribution in [1.82, 2.24) is 4.98 Å². The largest absolute Gasteiger partial charge is 0.465 e. The van der Waals surface area contributed by atoms with E-state index in [1.54, 1.807) is 36.1 Å². The minimum absolute atomic E-state index is 0.0176. The van der Waals surface area contributed by atoms with Crippen molar-refractivity contribution >= 4 is 11.7 Å². The Morgan fingerprint density at radius 2 is 2.00 bits per heavy atom. The van der Waals surface area contributed by atoms with E-state index in [0.29, 0.717) is 28.1 Å². The smallest absolute Gasteiger partial charge is 0.339 e. The summed E-state index contributed by atoms with van der Waals surface area (Å²) in [5.41, 5.74) is 2.38. The Hall–Kier alpha value is -3.07. The van der Waals surface area contributed by atoms with Crippen LogP contribution in [-0.4, -0.2) is 32.2 Å². The van der Waals surface area contributed by atoms with Crippen molar-refractivity contribution in [2.45, 2.75) is 6.92 Å². The fourth-order valence-corrected chi connectivity index (χ4v) is 2.39. The number of aromatic nitrogens is 1. The molecule has 0 amide bonds. The number of hydrogen-bond donors (Lipinski definition) is 1. The molecule has 2 rings (SSSR count). The highest BCUT2D eigenvalue weighted by Gasteiger charge is 2.17. The molecule has 0 bridgehead atoms. The van der Waals surface area contributed by atoms with Gasteiger partial charge in [-0.25, -0.2) is 4.79 Å². The summed E-state index contributed by atoms with van der Waals surface area (Å²) in [6.07, 6.45) is 0. The number of hydrogen-bond acceptors (Lipinski definition) is 5.